The van der Waals surface area contributed by atoms with E-state index in [2.05, 4.69) is 41.2 Å². The second kappa shape index (κ2) is 9.53. The van der Waals surface area contributed by atoms with Crippen LogP contribution in [-0.2, 0) is 24.5 Å². The molecular formula is C20H25N3O. The largest absolute Gasteiger partial charge is 0.372 e. The van der Waals surface area contributed by atoms with E-state index in [1.165, 1.54) is 5.56 Å². The first-order chi connectivity index (χ1) is 11.6. The fraction of sp³-hybridized carbons (Fsp3) is 0.250. The molecule has 2 rings (SSSR count). The first kappa shape index (κ1) is 17.8. The Labute approximate surface area is 144 Å². The Morgan fingerprint density at radius 3 is 2.42 bits per heavy atom. The molecule has 3 N–H and O–H groups in total. The standard InChI is InChI=1S/C20H25N3O/c1-16(2)12-22-20(21)23-13-18-10-6-7-11-19(18)15-24-14-17-8-4-3-5-9-17/h3-11H,1,12-15H2,2H3,(H3,21,22,23). The van der Waals surface area contributed by atoms with E-state index < -0.39 is 0 Å². The summed E-state index contributed by atoms with van der Waals surface area (Å²) in [6.45, 7) is 8.09. The molecule has 126 valence electrons. The molecular weight excluding hydrogens is 298 g/mol. The zero-order valence-electron chi connectivity index (χ0n) is 14.2. The maximum absolute atomic E-state index is 5.86. The molecule has 0 spiro atoms. The summed E-state index contributed by atoms with van der Waals surface area (Å²) in [5, 5.41) is 3.03. The SMILES string of the molecule is C=C(C)CNC(N)=NCc1ccccc1COCc1ccccc1. The van der Waals surface area contributed by atoms with Crippen molar-refractivity contribution in [2.75, 3.05) is 6.54 Å². The average Bonchev–Trinajstić information content (AvgIpc) is 2.60. The zero-order chi connectivity index (χ0) is 17.2. The lowest BCUT2D eigenvalue weighted by atomic mass is 10.1. The Kier molecular flexibility index (Phi) is 7.05. The normalized spacial score (nSPS) is 11.3. The van der Waals surface area contributed by atoms with Gasteiger partial charge in [-0.1, -0.05) is 66.7 Å². The molecule has 0 heterocycles. The molecule has 0 fully saturated rings. The van der Waals surface area contributed by atoms with E-state index in [9.17, 15) is 0 Å². The minimum Gasteiger partial charge on any atom is -0.372 e. The third-order valence-electron chi connectivity index (χ3n) is 3.48. The molecule has 0 aliphatic carbocycles. The van der Waals surface area contributed by atoms with Gasteiger partial charge in [-0.15, -0.1) is 0 Å². The molecule has 24 heavy (non-hydrogen) atoms. The number of hydrogen-bond donors (Lipinski definition) is 2. The second-order valence-electron chi connectivity index (χ2n) is 5.76. The average molecular weight is 323 g/mol. The molecule has 0 saturated heterocycles. The van der Waals surface area contributed by atoms with Crippen molar-refractivity contribution >= 4 is 5.96 Å². The van der Waals surface area contributed by atoms with Gasteiger partial charge in [0.15, 0.2) is 5.96 Å². The number of guanidine groups is 1. The van der Waals surface area contributed by atoms with Crippen LogP contribution in [0.25, 0.3) is 0 Å². The van der Waals surface area contributed by atoms with Gasteiger partial charge >= 0.3 is 0 Å². The van der Waals surface area contributed by atoms with Crippen LogP contribution in [0.1, 0.15) is 23.6 Å². The van der Waals surface area contributed by atoms with E-state index in [1.54, 1.807) is 0 Å². The fourth-order valence-corrected chi connectivity index (χ4v) is 2.17. The molecule has 0 bridgehead atoms. The Bertz CT molecular complexity index is 680. The van der Waals surface area contributed by atoms with Gasteiger partial charge in [-0.25, -0.2) is 4.99 Å². The fourth-order valence-electron chi connectivity index (χ4n) is 2.17. The van der Waals surface area contributed by atoms with Crippen LogP contribution in [0, 0.1) is 0 Å². The third-order valence-corrected chi connectivity index (χ3v) is 3.48. The van der Waals surface area contributed by atoms with Crippen molar-refractivity contribution < 1.29 is 4.74 Å². The summed E-state index contributed by atoms with van der Waals surface area (Å²) < 4.78 is 5.83. The summed E-state index contributed by atoms with van der Waals surface area (Å²) in [4.78, 5) is 4.38. The second-order valence-corrected chi connectivity index (χ2v) is 5.76. The number of nitrogens with two attached hydrogens (primary N) is 1. The Hall–Kier alpha value is -2.59. The van der Waals surface area contributed by atoms with E-state index in [1.807, 2.05) is 37.3 Å². The third kappa shape index (κ3) is 6.26. The summed E-state index contributed by atoms with van der Waals surface area (Å²) >= 11 is 0. The number of ether oxygens (including phenoxy) is 1. The van der Waals surface area contributed by atoms with E-state index in [0.29, 0.717) is 32.3 Å². The van der Waals surface area contributed by atoms with Crippen LogP contribution in [0.15, 0.2) is 71.7 Å². The number of benzene rings is 2. The van der Waals surface area contributed by atoms with Crippen LogP contribution >= 0.6 is 0 Å². The minimum atomic E-state index is 0.429. The monoisotopic (exact) mass is 323 g/mol. The van der Waals surface area contributed by atoms with Crippen molar-refractivity contribution in [1.29, 1.82) is 0 Å². The van der Waals surface area contributed by atoms with Gasteiger partial charge in [0.05, 0.1) is 19.8 Å². The summed E-state index contributed by atoms with van der Waals surface area (Å²) in [6.07, 6.45) is 0. The lowest BCUT2D eigenvalue weighted by molar-refractivity contribution is 0.106. The van der Waals surface area contributed by atoms with Crippen molar-refractivity contribution in [2.24, 2.45) is 10.7 Å². The smallest absolute Gasteiger partial charge is 0.189 e. The number of rotatable bonds is 8. The van der Waals surface area contributed by atoms with Crippen LogP contribution in [0.3, 0.4) is 0 Å². The Balaban J connectivity index is 1.89. The van der Waals surface area contributed by atoms with Gasteiger partial charge in [-0.05, 0) is 23.6 Å². The Morgan fingerprint density at radius 2 is 1.71 bits per heavy atom. The molecule has 2 aromatic rings. The van der Waals surface area contributed by atoms with Gasteiger partial charge in [-0.3, -0.25) is 0 Å². The van der Waals surface area contributed by atoms with Crippen LogP contribution < -0.4 is 11.1 Å². The molecule has 0 radical (unpaired) electrons. The van der Waals surface area contributed by atoms with Crippen LogP contribution in [0.5, 0.6) is 0 Å². The molecule has 0 amide bonds. The van der Waals surface area contributed by atoms with E-state index in [4.69, 9.17) is 10.5 Å². The number of nitrogens with zero attached hydrogens (tertiary/aromatic N) is 1. The van der Waals surface area contributed by atoms with Crippen LogP contribution in [0.2, 0.25) is 0 Å². The number of hydrogen-bond acceptors (Lipinski definition) is 2. The Morgan fingerprint density at radius 1 is 1.04 bits per heavy atom. The molecule has 2 aromatic carbocycles. The highest BCUT2D eigenvalue weighted by atomic mass is 16.5. The molecule has 4 heteroatoms. The van der Waals surface area contributed by atoms with Gasteiger partial charge in [0.1, 0.15) is 0 Å². The first-order valence-corrected chi connectivity index (χ1v) is 8.02. The van der Waals surface area contributed by atoms with Gasteiger partial charge < -0.3 is 15.8 Å². The maximum atomic E-state index is 5.86. The summed E-state index contributed by atoms with van der Waals surface area (Å²) in [5.74, 6) is 0.429. The van der Waals surface area contributed by atoms with E-state index in [-0.39, 0.29) is 0 Å². The summed E-state index contributed by atoms with van der Waals surface area (Å²) in [7, 11) is 0. The minimum absolute atomic E-state index is 0.429. The van der Waals surface area contributed by atoms with Crippen molar-refractivity contribution in [3.05, 3.63) is 83.4 Å². The highest BCUT2D eigenvalue weighted by Crippen LogP contribution is 2.12. The zero-order valence-corrected chi connectivity index (χ0v) is 14.2. The van der Waals surface area contributed by atoms with Gasteiger partial charge in [0.25, 0.3) is 0 Å². The number of aliphatic imine (C=N–C) groups is 1. The topological polar surface area (TPSA) is 59.6 Å². The predicted octanol–water partition coefficient (Wildman–Crippen LogP) is 3.38. The molecule has 0 atom stereocenters. The van der Waals surface area contributed by atoms with Crippen molar-refractivity contribution in [3.63, 3.8) is 0 Å². The van der Waals surface area contributed by atoms with E-state index >= 15 is 0 Å². The van der Waals surface area contributed by atoms with Crippen molar-refractivity contribution in [3.8, 4) is 0 Å². The van der Waals surface area contributed by atoms with Crippen molar-refractivity contribution in [2.45, 2.75) is 26.7 Å². The summed E-state index contributed by atoms with van der Waals surface area (Å²) in [5.41, 5.74) is 10.3. The van der Waals surface area contributed by atoms with Crippen LogP contribution in [-0.4, -0.2) is 12.5 Å². The molecule has 0 saturated carbocycles. The molecule has 0 aliphatic heterocycles. The first-order valence-electron chi connectivity index (χ1n) is 8.02. The summed E-state index contributed by atoms with van der Waals surface area (Å²) in [6, 6.07) is 18.3. The highest BCUT2D eigenvalue weighted by Gasteiger charge is 2.02. The predicted molar refractivity (Wildman–Crippen MR) is 99.5 cm³/mol. The maximum Gasteiger partial charge on any atom is 0.189 e. The van der Waals surface area contributed by atoms with E-state index in [0.717, 1.165) is 16.7 Å². The lowest BCUT2D eigenvalue weighted by Crippen LogP contribution is -2.32. The highest BCUT2D eigenvalue weighted by molar-refractivity contribution is 5.78. The number of nitrogens with one attached hydrogen (secondary N) is 1. The lowest BCUT2D eigenvalue weighted by Gasteiger charge is -2.10. The molecule has 0 aliphatic rings. The molecule has 0 aromatic heterocycles. The van der Waals surface area contributed by atoms with Gasteiger partial charge in [0.2, 0.25) is 0 Å². The van der Waals surface area contributed by atoms with Crippen molar-refractivity contribution in [1.82, 2.24) is 5.32 Å². The quantitative estimate of drug-likeness (QED) is 0.445. The van der Waals surface area contributed by atoms with Gasteiger partial charge in [-0.2, -0.15) is 0 Å². The van der Waals surface area contributed by atoms with Gasteiger partial charge in [0, 0.05) is 6.54 Å². The molecule has 4 nitrogen and oxygen atoms in total. The molecule has 0 unspecified atom stereocenters. The van der Waals surface area contributed by atoms with Crippen LogP contribution in [0.4, 0.5) is 0 Å².